The zero-order chi connectivity index (χ0) is 12.8. The number of rotatable bonds is 5. The maximum absolute atomic E-state index is 13.3. The first-order valence-electron chi connectivity index (χ1n) is 4.90. The Labute approximate surface area is 103 Å². The SMILES string of the molecule is COCC(CCl)NC(=O)c1cccc(F)c1F. The predicted molar refractivity (Wildman–Crippen MR) is 60.2 cm³/mol. The summed E-state index contributed by atoms with van der Waals surface area (Å²) in [4.78, 5) is 11.6. The third kappa shape index (κ3) is 3.64. The highest BCUT2D eigenvalue weighted by molar-refractivity contribution is 6.18. The number of halogens is 3. The van der Waals surface area contributed by atoms with Crippen molar-refractivity contribution in [3.63, 3.8) is 0 Å². The zero-order valence-electron chi connectivity index (χ0n) is 9.17. The normalized spacial score (nSPS) is 12.2. The molecule has 6 heteroatoms. The minimum Gasteiger partial charge on any atom is -0.383 e. The summed E-state index contributed by atoms with van der Waals surface area (Å²) in [5, 5.41) is 2.45. The number of hydrogen-bond acceptors (Lipinski definition) is 2. The van der Waals surface area contributed by atoms with Crippen LogP contribution >= 0.6 is 11.6 Å². The Morgan fingerprint density at radius 1 is 1.53 bits per heavy atom. The van der Waals surface area contributed by atoms with E-state index in [1.54, 1.807) is 0 Å². The van der Waals surface area contributed by atoms with Gasteiger partial charge in [0.1, 0.15) is 0 Å². The fraction of sp³-hybridized carbons (Fsp3) is 0.364. The summed E-state index contributed by atoms with van der Waals surface area (Å²) in [6.45, 7) is 0.201. The number of hydrogen-bond donors (Lipinski definition) is 1. The average molecular weight is 264 g/mol. The topological polar surface area (TPSA) is 38.3 Å². The van der Waals surface area contributed by atoms with Crippen LogP contribution in [0.3, 0.4) is 0 Å². The van der Waals surface area contributed by atoms with E-state index in [2.05, 4.69) is 5.32 Å². The minimum absolute atomic E-state index is 0.122. The summed E-state index contributed by atoms with van der Waals surface area (Å²) in [5.74, 6) is -2.83. The molecule has 0 bridgehead atoms. The van der Waals surface area contributed by atoms with Gasteiger partial charge < -0.3 is 10.1 Å². The number of carbonyl (C=O) groups is 1. The van der Waals surface area contributed by atoms with Crippen LogP contribution in [0.5, 0.6) is 0 Å². The summed E-state index contributed by atoms with van der Waals surface area (Å²) in [6.07, 6.45) is 0. The molecule has 0 aromatic heterocycles. The molecule has 1 amide bonds. The molecule has 1 aromatic rings. The van der Waals surface area contributed by atoms with Gasteiger partial charge in [0.05, 0.1) is 18.2 Å². The Morgan fingerprint density at radius 2 is 2.24 bits per heavy atom. The van der Waals surface area contributed by atoms with Crippen molar-refractivity contribution in [2.75, 3.05) is 19.6 Å². The molecular weight excluding hydrogens is 252 g/mol. The van der Waals surface area contributed by atoms with E-state index in [9.17, 15) is 13.6 Å². The summed E-state index contributed by atoms with van der Waals surface area (Å²) < 4.78 is 31.0. The van der Waals surface area contributed by atoms with Crippen LogP contribution in [-0.2, 0) is 4.74 Å². The highest BCUT2D eigenvalue weighted by atomic mass is 35.5. The molecule has 3 nitrogen and oxygen atoms in total. The van der Waals surface area contributed by atoms with Gasteiger partial charge in [0.25, 0.3) is 5.91 Å². The third-order valence-corrected chi connectivity index (χ3v) is 2.46. The quantitative estimate of drug-likeness (QED) is 0.825. The molecule has 1 N–H and O–H groups in total. The fourth-order valence-corrected chi connectivity index (χ4v) is 1.43. The number of alkyl halides is 1. The lowest BCUT2D eigenvalue weighted by Gasteiger charge is -2.15. The number of nitrogens with one attached hydrogen (secondary N) is 1. The van der Waals surface area contributed by atoms with E-state index in [0.717, 1.165) is 6.07 Å². The smallest absolute Gasteiger partial charge is 0.254 e. The van der Waals surface area contributed by atoms with Gasteiger partial charge in [-0.15, -0.1) is 11.6 Å². The molecule has 0 spiro atoms. The van der Waals surface area contributed by atoms with Crippen molar-refractivity contribution in [2.45, 2.75) is 6.04 Å². The van der Waals surface area contributed by atoms with Crippen LogP contribution in [0, 0.1) is 11.6 Å². The molecule has 0 aliphatic rings. The molecule has 17 heavy (non-hydrogen) atoms. The van der Waals surface area contributed by atoms with Gasteiger partial charge >= 0.3 is 0 Å². The van der Waals surface area contributed by atoms with Gasteiger partial charge in [-0.1, -0.05) is 6.07 Å². The van der Waals surface area contributed by atoms with Gasteiger partial charge in [0.2, 0.25) is 0 Å². The van der Waals surface area contributed by atoms with Crippen molar-refractivity contribution in [1.29, 1.82) is 0 Å². The van der Waals surface area contributed by atoms with Gasteiger partial charge in [0.15, 0.2) is 11.6 Å². The van der Waals surface area contributed by atoms with E-state index in [1.165, 1.54) is 19.2 Å². The van der Waals surface area contributed by atoms with Crippen LogP contribution in [-0.4, -0.2) is 31.5 Å². The van der Waals surface area contributed by atoms with Gasteiger partial charge in [-0.3, -0.25) is 4.79 Å². The van der Waals surface area contributed by atoms with E-state index >= 15 is 0 Å². The van der Waals surface area contributed by atoms with Crippen molar-refractivity contribution in [1.82, 2.24) is 5.32 Å². The highest BCUT2D eigenvalue weighted by Gasteiger charge is 2.18. The van der Waals surface area contributed by atoms with Crippen molar-refractivity contribution >= 4 is 17.5 Å². The molecular formula is C11H12ClF2NO2. The van der Waals surface area contributed by atoms with Gasteiger partial charge in [-0.2, -0.15) is 0 Å². The second kappa shape index (κ2) is 6.51. The molecule has 0 aliphatic heterocycles. The largest absolute Gasteiger partial charge is 0.383 e. The van der Waals surface area contributed by atoms with Crippen molar-refractivity contribution in [3.8, 4) is 0 Å². The van der Waals surface area contributed by atoms with Crippen LogP contribution in [0.1, 0.15) is 10.4 Å². The molecule has 0 heterocycles. The van der Waals surface area contributed by atoms with Gasteiger partial charge in [-0.05, 0) is 12.1 Å². The number of ether oxygens (including phenoxy) is 1. The van der Waals surface area contributed by atoms with Crippen molar-refractivity contribution < 1.29 is 18.3 Å². The molecule has 1 rings (SSSR count). The van der Waals surface area contributed by atoms with E-state index < -0.39 is 23.6 Å². The summed E-state index contributed by atoms with van der Waals surface area (Å²) in [6, 6.07) is 2.96. The van der Waals surface area contributed by atoms with E-state index in [-0.39, 0.29) is 18.1 Å². The molecule has 0 saturated carbocycles. The summed E-state index contributed by atoms with van der Waals surface area (Å²) >= 11 is 5.59. The van der Waals surface area contributed by atoms with Crippen LogP contribution in [0.15, 0.2) is 18.2 Å². The van der Waals surface area contributed by atoms with E-state index in [1.807, 2.05) is 0 Å². The lowest BCUT2D eigenvalue weighted by atomic mass is 10.2. The van der Waals surface area contributed by atoms with E-state index in [4.69, 9.17) is 16.3 Å². The monoisotopic (exact) mass is 263 g/mol. The lowest BCUT2D eigenvalue weighted by Crippen LogP contribution is -2.39. The second-order valence-electron chi connectivity index (χ2n) is 3.38. The minimum atomic E-state index is -1.17. The number of amides is 1. The van der Waals surface area contributed by atoms with Crippen LogP contribution < -0.4 is 5.32 Å². The predicted octanol–water partition coefficient (Wildman–Crippen LogP) is 1.95. The van der Waals surface area contributed by atoms with Crippen LogP contribution in [0.4, 0.5) is 8.78 Å². The third-order valence-electron chi connectivity index (χ3n) is 2.09. The second-order valence-corrected chi connectivity index (χ2v) is 3.69. The fourth-order valence-electron chi connectivity index (χ4n) is 1.27. The van der Waals surface area contributed by atoms with Crippen LogP contribution in [0.2, 0.25) is 0 Å². The first kappa shape index (κ1) is 13.9. The standard InChI is InChI=1S/C11H12ClF2NO2/c1-17-6-7(5-12)15-11(16)8-3-2-4-9(13)10(8)14/h2-4,7H,5-6H2,1H3,(H,15,16). The lowest BCUT2D eigenvalue weighted by molar-refractivity contribution is 0.0902. The van der Waals surface area contributed by atoms with Crippen molar-refractivity contribution in [2.24, 2.45) is 0 Å². The Hall–Kier alpha value is -1.20. The molecule has 0 saturated heterocycles. The maximum Gasteiger partial charge on any atom is 0.254 e. The Bertz CT molecular complexity index is 401. The van der Waals surface area contributed by atoms with E-state index in [0.29, 0.717) is 0 Å². The first-order chi connectivity index (χ1) is 8.10. The summed E-state index contributed by atoms with van der Waals surface area (Å²) in [7, 11) is 1.45. The highest BCUT2D eigenvalue weighted by Crippen LogP contribution is 2.11. The summed E-state index contributed by atoms with van der Waals surface area (Å²) in [5.41, 5.74) is -0.351. The van der Waals surface area contributed by atoms with Crippen molar-refractivity contribution in [3.05, 3.63) is 35.4 Å². The van der Waals surface area contributed by atoms with Gasteiger partial charge in [0, 0.05) is 13.0 Å². The zero-order valence-corrected chi connectivity index (χ0v) is 9.93. The molecule has 1 atom stereocenters. The Balaban J connectivity index is 2.79. The number of methoxy groups -OCH3 is 1. The average Bonchev–Trinajstić information content (AvgIpc) is 2.31. The number of carbonyl (C=O) groups excluding carboxylic acids is 1. The molecule has 94 valence electrons. The maximum atomic E-state index is 13.3. The molecule has 0 radical (unpaired) electrons. The molecule has 1 aromatic carbocycles. The Kier molecular flexibility index (Phi) is 5.31. The first-order valence-corrected chi connectivity index (χ1v) is 5.43. The molecule has 0 fully saturated rings. The molecule has 0 aliphatic carbocycles. The number of benzene rings is 1. The van der Waals surface area contributed by atoms with Gasteiger partial charge in [-0.25, -0.2) is 8.78 Å². The Morgan fingerprint density at radius 3 is 2.82 bits per heavy atom. The molecule has 1 unspecified atom stereocenters. The van der Waals surface area contributed by atoms with Crippen LogP contribution in [0.25, 0.3) is 0 Å².